The van der Waals surface area contributed by atoms with E-state index in [1.807, 2.05) is 0 Å². The predicted octanol–water partition coefficient (Wildman–Crippen LogP) is 0.877. The summed E-state index contributed by atoms with van der Waals surface area (Å²) in [5.74, 6) is 0.0647. The van der Waals surface area contributed by atoms with E-state index in [0.29, 0.717) is 24.3 Å². The van der Waals surface area contributed by atoms with Crippen LogP contribution in [0.1, 0.15) is 18.4 Å². The van der Waals surface area contributed by atoms with Gasteiger partial charge >= 0.3 is 5.97 Å². The number of rotatable bonds is 8. The van der Waals surface area contributed by atoms with Gasteiger partial charge in [0, 0.05) is 31.6 Å². The van der Waals surface area contributed by atoms with Gasteiger partial charge in [0.2, 0.25) is 15.9 Å². The van der Waals surface area contributed by atoms with Gasteiger partial charge in [-0.25, -0.2) is 12.7 Å². The summed E-state index contributed by atoms with van der Waals surface area (Å²) in [5, 5.41) is 0. The van der Waals surface area contributed by atoms with Crippen LogP contribution in [0.2, 0.25) is 0 Å². The minimum Gasteiger partial charge on any atom is -0.497 e. The molecule has 0 aliphatic carbocycles. The zero-order valence-electron chi connectivity index (χ0n) is 17.2. The van der Waals surface area contributed by atoms with Crippen LogP contribution in [-0.4, -0.2) is 76.7 Å². The quantitative estimate of drug-likeness (QED) is 0.566. The number of sulfonamides is 1. The van der Waals surface area contributed by atoms with Gasteiger partial charge in [0.25, 0.3) is 0 Å². The molecule has 0 spiro atoms. The van der Waals surface area contributed by atoms with Gasteiger partial charge in [-0.1, -0.05) is 0 Å². The van der Waals surface area contributed by atoms with Crippen LogP contribution in [0.5, 0.6) is 11.5 Å². The Hall–Kier alpha value is -2.33. The molecular formula is C19H28N2O7S. The first-order valence-electron chi connectivity index (χ1n) is 9.20. The first kappa shape index (κ1) is 23.0. The predicted molar refractivity (Wildman–Crippen MR) is 106 cm³/mol. The molecule has 1 aromatic carbocycles. The summed E-state index contributed by atoms with van der Waals surface area (Å²) in [5.41, 5.74) is 0.743. The summed E-state index contributed by atoms with van der Waals surface area (Å²) < 4.78 is 40.0. The largest absolute Gasteiger partial charge is 0.497 e. The molecule has 0 radical (unpaired) electrons. The number of hydrogen-bond acceptors (Lipinski definition) is 7. The first-order chi connectivity index (χ1) is 13.7. The second-order valence-electron chi connectivity index (χ2n) is 6.93. The maximum atomic E-state index is 13.1. The molecular weight excluding hydrogens is 400 g/mol. The van der Waals surface area contributed by atoms with Crippen LogP contribution >= 0.6 is 0 Å². The lowest BCUT2D eigenvalue weighted by molar-refractivity contribution is -0.149. The van der Waals surface area contributed by atoms with Crippen molar-refractivity contribution >= 4 is 21.9 Å². The Bertz CT molecular complexity index is 811. The molecule has 1 fully saturated rings. The minimum absolute atomic E-state index is 0.174. The molecule has 2 rings (SSSR count). The molecule has 1 heterocycles. The van der Waals surface area contributed by atoms with Crippen LogP contribution in [0.25, 0.3) is 0 Å². The molecule has 0 bridgehead atoms. The molecule has 29 heavy (non-hydrogen) atoms. The number of benzene rings is 1. The number of piperidine rings is 1. The second-order valence-corrected chi connectivity index (χ2v) is 8.91. The van der Waals surface area contributed by atoms with Crippen molar-refractivity contribution in [3.63, 3.8) is 0 Å². The lowest BCUT2D eigenvalue weighted by Gasteiger charge is -2.32. The van der Waals surface area contributed by atoms with Gasteiger partial charge in [-0.3, -0.25) is 9.59 Å². The zero-order valence-corrected chi connectivity index (χ0v) is 18.0. The summed E-state index contributed by atoms with van der Waals surface area (Å²) in [4.78, 5) is 26.4. The van der Waals surface area contributed by atoms with E-state index in [1.54, 1.807) is 18.2 Å². The third-order valence-corrected chi connectivity index (χ3v) is 6.22. The average molecular weight is 429 g/mol. The Morgan fingerprint density at radius 3 is 2.07 bits per heavy atom. The molecule has 1 aliphatic rings. The third kappa shape index (κ3) is 6.33. The Kier molecular flexibility index (Phi) is 7.86. The SMILES string of the molecule is COC(=O)CN(Cc1cc(OC)cc(OC)c1)C(=O)C1CCN(S(C)(=O)=O)CC1. The molecule has 1 aliphatic heterocycles. The number of amides is 1. The minimum atomic E-state index is -3.28. The van der Waals surface area contributed by atoms with E-state index in [4.69, 9.17) is 14.2 Å². The molecule has 0 saturated carbocycles. The highest BCUT2D eigenvalue weighted by Crippen LogP contribution is 2.26. The fourth-order valence-corrected chi connectivity index (χ4v) is 4.18. The second kappa shape index (κ2) is 9.93. The molecule has 1 aromatic rings. The van der Waals surface area contributed by atoms with Crippen molar-refractivity contribution in [3.05, 3.63) is 23.8 Å². The van der Waals surface area contributed by atoms with Gasteiger partial charge in [-0.2, -0.15) is 0 Å². The molecule has 0 atom stereocenters. The van der Waals surface area contributed by atoms with Crippen LogP contribution in [-0.2, 0) is 30.9 Å². The van der Waals surface area contributed by atoms with E-state index in [0.717, 1.165) is 11.8 Å². The van der Waals surface area contributed by atoms with Gasteiger partial charge in [0.1, 0.15) is 18.0 Å². The van der Waals surface area contributed by atoms with Gasteiger partial charge < -0.3 is 19.1 Å². The van der Waals surface area contributed by atoms with Crippen molar-refractivity contribution in [2.24, 2.45) is 5.92 Å². The lowest BCUT2D eigenvalue weighted by atomic mass is 9.96. The number of nitrogens with zero attached hydrogens (tertiary/aromatic N) is 2. The summed E-state index contributed by atoms with van der Waals surface area (Å²) in [7, 11) is 1.06. The molecule has 0 N–H and O–H groups in total. The average Bonchev–Trinajstić information content (AvgIpc) is 2.71. The number of carbonyl (C=O) groups is 2. The van der Waals surface area contributed by atoms with Crippen LogP contribution in [0, 0.1) is 5.92 Å². The Morgan fingerprint density at radius 2 is 1.62 bits per heavy atom. The number of esters is 1. The summed E-state index contributed by atoms with van der Waals surface area (Å²) in [6.07, 6.45) is 1.98. The fourth-order valence-electron chi connectivity index (χ4n) is 3.30. The van der Waals surface area contributed by atoms with Gasteiger partial charge in [-0.15, -0.1) is 0 Å². The van der Waals surface area contributed by atoms with Crippen LogP contribution < -0.4 is 9.47 Å². The molecule has 1 saturated heterocycles. The van der Waals surface area contributed by atoms with E-state index >= 15 is 0 Å². The fraction of sp³-hybridized carbons (Fsp3) is 0.579. The maximum Gasteiger partial charge on any atom is 0.325 e. The van der Waals surface area contributed by atoms with Gasteiger partial charge in [0.05, 0.1) is 27.6 Å². The van der Waals surface area contributed by atoms with Crippen molar-refractivity contribution in [3.8, 4) is 11.5 Å². The Labute approximate surface area is 171 Å². The first-order valence-corrected chi connectivity index (χ1v) is 11.1. The highest BCUT2D eigenvalue weighted by atomic mass is 32.2. The van der Waals surface area contributed by atoms with Crippen molar-refractivity contribution in [2.45, 2.75) is 19.4 Å². The Balaban J connectivity index is 2.18. The van der Waals surface area contributed by atoms with Crippen LogP contribution in [0.3, 0.4) is 0 Å². The van der Waals surface area contributed by atoms with Crippen molar-refractivity contribution in [1.82, 2.24) is 9.21 Å². The summed E-state index contributed by atoms with van der Waals surface area (Å²) in [6, 6.07) is 5.26. The van der Waals surface area contributed by atoms with E-state index in [1.165, 1.54) is 30.5 Å². The molecule has 1 amide bonds. The van der Waals surface area contributed by atoms with E-state index in [9.17, 15) is 18.0 Å². The number of hydrogen-bond donors (Lipinski definition) is 0. The standard InChI is InChI=1S/C19H28N2O7S/c1-26-16-9-14(10-17(11-16)27-2)12-20(13-18(22)28-3)19(23)15-5-7-21(8-6-15)29(4,24)25/h9-11,15H,5-8,12-13H2,1-4H3. The van der Waals surface area contributed by atoms with Crippen molar-refractivity contribution in [2.75, 3.05) is 47.2 Å². The van der Waals surface area contributed by atoms with E-state index in [2.05, 4.69) is 0 Å². The molecule has 162 valence electrons. The monoisotopic (exact) mass is 428 g/mol. The third-order valence-electron chi connectivity index (χ3n) is 4.92. The molecule has 0 unspecified atom stereocenters. The van der Waals surface area contributed by atoms with E-state index < -0.39 is 16.0 Å². The lowest BCUT2D eigenvalue weighted by Crippen LogP contribution is -2.45. The maximum absolute atomic E-state index is 13.1. The summed E-state index contributed by atoms with van der Waals surface area (Å²) >= 11 is 0. The summed E-state index contributed by atoms with van der Waals surface area (Å²) in [6.45, 7) is 0.553. The van der Waals surface area contributed by atoms with Gasteiger partial charge in [-0.05, 0) is 30.5 Å². The van der Waals surface area contributed by atoms with Crippen molar-refractivity contribution in [1.29, 1.82) is 0 Å². The smallest absolute Gasteiger partial charge is 0.325 e. The molecule has 0 aromatic heterocycles. The van der Waals surface area contributed by atoms with E-state index in [-0.39, 0.29) is 38.0 Å². The highest BCUT2D eigenvalue weighted by Gasteiger charge is 2.32. The van der Waals surface area contributed by atoms with Crippen molar-refractivity contribution < 1.29 is 32.2 Å². The number of carbonyl (C=O) groups excluding carboxylic acids is 2. The number of ether oxygens (including phenoxy) is 3. The zero-order chi connectivity index (χ0) is 21.6. The normalized spacial score (nSPS) is 15.6. The molecule has 9 nitrogen and oxygen atoms in total. The van der Waals surface area contributed by atoms with Crippen LogP contribution in [0.15, 0.2) is 18.2 Å². The number of methoxy groups -OCH3 is 3. The topological polar surface area (TPSA) is 102 Å². The van der Waals surface area contributed by atoms with Crippen LogP contribution in [0.4, 0.5) is 0 Å². The Morgan fingerprint density at radius 1 is 1.07 bits per heavy atom. The highest BCUT2D eigenvalue weighted by molar-refractivity contribution is 7.88. The molecule has 10 heteroatoms. The van der Waals surface area contributed by atoms with Gasteiger partial charge in [0.15, 0.2) is 0 Å².